The minimum atomic E-state index is -0.289. The van der Waals surface area contributed by atoms with Crippen LogP contribution in [0.25, 0.3) is 50.0 Å². The summed E-state index contributed by atoms with van der Waals surface area (Å²) < 4.78 is 14.6. The van der Waals surface area contributed by atoms with E-state index in [0.29, 0.717) is 5.65 Å². The zero-order valence-corrected chi connectivity index (χ0v) is 20.9. The second kappa shape index (κ2) is 9.76. The van der Waals surface area contributed by atoms with E-state index in [9.17, 15) is 4.39 Å². The van der Waals surface area contributed by atoms with E-state index >= 15 is 0 Å². The average Bonchev–Trinajstić information content (AvgIpc) is 3.52. The number of hydrogen-bond acceptors (Lipinski definition) is 6. The maximum Gasteiger partial charge on any atom is 0.181 e. The Labute approximate surface area is 214 Å². The number of aromatic nitrogens is 5. The molecule has 5 aromatic rings. The first-order valence-corrected chi connectivity index (χ1v) is 12.5. The van der Waals surface area contributed by atoms with Crippen molar-refractivity contribution in [2.45, 2.75) is 6.42 Å². The number of likely N-dealkylation sites (N-methyl/N-ethyl adjacent to an activating group) is 1. The van der Waals surface area contributed by atoms with Crippen molar-refractivity contribution in [2.75, 3.05) is 45.6 Å². The van der Waals surface area contributed by atoms with E-state index in [1.807, 2.05) is 26.4 Å². The summed E-state index contributed by atoms with van der Waals surface area (Å²) in [5, 5.41) is 16.2. The molecule has 4 N–H and O–H groups in total. The van der Waals surface area contributed by atoms with Crippen molar-refractivity contribution in [3.63, 3.8) is 0 Å². The summed E-state index contributed by atoms with van der Waals surface area (Å²) in [4.78, 5) is 14.6. The van der Waals surface area contributed by atoms with Crippen molar-refractivity contribution >= 4 is 33.2 Å². The number of halogens is 1. The number of nitrogens with zero attached hydrogens (tertiary/aromatic N) is 4. The van der Waals surface area contributed by atoms with Crippen LogP contribution in [0.3, 0.4) is 0 Å². The minimum absolute atomic E-state index is 0.289. The Morgan fingerprint density at radius 3 is 2.78 bits per heavy atom. The fourth-order valence-electron chi connectivity index (χ4n) is 4.85. The highest BCUT2D eigenvalue weighted by Gasteiger charge is 2.16. The van der Waals surface area contributed by atoms with Crippen LogP contribution >= 0.6 is 0 Å². The molecule has 0 fully saturated rings. The van der Waals surface area contributed by atoms with Crippen LogP contribution in [-0.2, 0) is 0 Å². The molecule has 0 bridgehead atoms. The number of benzene rings is 1. The molecule has 1 aliphatic rings. The second-order valence-corrected chi connectivity index (χ2v) is 9.67. The third-order valence-electron chi connectivity index (χ3n) is 6.76. The molecular weight excluding hydrogens is 467 g/mol. The molecule has 188 valence electrons. The lowest BCUT2D eigenvalue weighted by Gasteiger charge is -2.13. The lowest BCUT2D eigenvalue weighted by Crippen LogP contribution is -2.20. The van der Waals surface area contributed by atoms with E-state index in [1.54, 1.807) is 18.5 Å². The van der Waals surface area contributed by atoms with Gasteiger partial charge in [-0.05, 0) is 74.1 Å². The molecule has 37 heavy (non-hydrogen) atoms. The Hall–Kier alpha value is -4.08. The topological polar surface area (TPSA) is 97.5 Å². The molecule has 0 amide bonds. The maximum absolute atomic E-state index is 14.6. The fraction of sp³-hybridized carbons (Fsp3) is 0.250. The summed E-state index contributed by atoms with van der Waals surface area (Å²) in [5.41, 5.74) is 8.07. The zero-order chi connectivity index (χ0) is 25.4. The number of rotatable bonds is 7. The van der Waals surface area contributed by atoms with Crippen LogP contribution in [0.5, 0.6) is 0 Å². The minimum Gasteiger partial charge on any atom is -0.384 e. The number of nitrogens with one attached hydrogen (secondary N) is 4. The number of fused-ring (bicyclic) bond motifs is 2. The normalized spacial score (nSPS) is 14.0. The quantitative estimate of drug-likeness (QED) is 0.262. The van der Waals surface area contributed by atoms with Gasteiger partial charge in [-0.3, -0.25) is 10.1 Å². The maximum atomic E-state index is 14.6. The number of H-pyrrole nitrogens is 2. The first-order valence-electron chi connectivity index (χ1n) is 12.5. The van der Waals surface area contributed by atoms with Gasteiger partial charge in [0, 0.05) is 54.1 Å². The van der Waals surface area contributed by atoms with Crippen molar-refractivity contribution in [3.8, 4) is 22.5 Å². The van der Waals surface area contributed by atoms with Crippen LogP contribution in [0.15, 0.2) is 55.0 Å². The summed E-state index contributed by atoms with van der Waals surface area (Å²) in [6, 6.07) is 9.26. The van der Waals surface area contributed by atoms with E-state index in [4.69, 9.17) is 0 Å². The average molecular weight is 497 g/mol. The lowest BCUT2D eigenvalue weighted by molar-refractivity contribution is 0.425. The van der Waals surface area contributed by atoms with Gasteiger partial charge in [-0.2, -0.15) is 5.10 Å². The van der Waals surface area contributed by atoms with Crippen molar-refractivity contribution in [1.29, 1.82) is 0 Å². The molecule has 1 aromatic carbocycles. The molecule has 0 radical (unpaired) electrons. The van der Waals surface area contributed by atoms with Crippen LogP contribution < -0.4 is 10.6 Å². The standard InChI is InChI=1S/C28H29FN8/c1-37(2)8-7-32-21-10-18(9-20(29)12-21)24-15-31-16-26-22(24)13-25(34-26)27-23-11-19(14-33-28(23)36-35-27)17-3-5-30-6-4-17/h3,9-16,30,32,34H,4-8H2,1-2H3,(H,33,35,36). The highest BCUT2D eigenvalue weighted by Crippen LogP contribution is 2.35. The van der Waals surface area contributed by atoms with Gasteiger partial charge in [-0.15, -0.1) is 0 Å². The molecule has 0 spiro atoms. The largest absolute Gasteiger partial charge is 0.384 e. The Morgan fingerprint density at radius 2 is 1.95 bits per heavy atom. The van der Waals surface area contributed by atoms with Crippen LogP contribution in [0, 0.1) is 5.82 Å². The summed E-state index contributed by atoms with van der Waals surface area (Å²) in [5.74, 6) is -0.289. The summed E-state index contributed by atoms with van der Waals surface area (Å²) >= 11 is 0. The molecule has 0 saturated carbocycles. The third-order valence-corrected chi connectivity index (χ3v) is 6.76. The van der Waals surface area contributed by atoms with Gasteiger partial charge >= 0.3 is 0 Å². The molecule has 0 unspecified atom stereocenters. The Balaban J connectivity index is 1.39. The summed E-state index contributed by atoms with van der Waals surface area (Å²) in [7, 11) is 4.03. The molecule has 9 heteroatoms. The van der Waals surface area contributed by atoms with E-state index in [1.165, 1.54) is 11.6 Å². The molecular formula is C28H29FN8. The smallest absolute Gasteiger partial charge is 0.181 e. The Kier molecular flexibility index (Phi) is 6.15. The second-order valence-electron chi connectivity index (χ2n) is 9.67. The molecule has 0 atom stereocenters. The number of hydrogen-bond donors (Lipinski definition) is 4. The van der Waals surface area contributed by atoms with Crippen molar-refractivity contribution in [3.05, 3.63) is 66.4 Å². The third kappa shape index (κ3) is 4.71. The van der Waals surface area contributed by atoms with E-state index in [-0.39, 0.29) is 5.82 Å². The van der Waals surface area contributed by atoms with Crippen molar-refractivity contribution in [1.82, 2.24) is 35.4 Å². The first-order chi connectivity index (χ1) is 18.0. The fourth-order valence-corrected chi connectivity index (χ4v) is 4.85. The van der Waals surface area contributed by atoms with Gasteiger partial charge in [0.15, 0.2) is 5.65 Å². The molecule has 8 nitrogen and oxygen atoms in total. The molecule has 4 aromatic heterocycles. The zero-order valence-electron chi connectivity index (χ0n) is 20.9. The van der Waals surface area contributed by atoms with Crippen LogP contribution in [0.4, 0.5) is 10.1 Å². The summed E-state index contributed by atoms with van der Waals surface area (Å²) in [6.07, 6.45) is 8.66. The van der Waals surface area contributed by atoms with Gasteiger partial charge in [-0.25, -0.2) is 9.37 Å². The first kappa shape index (κ1) is 23.3. The van der Waals surface area contributed by atoms with Gasteiger partial charge in [0.2, 0.25) is 0 Å². The van der Waals surface area contributed by atoms with Gasteiger partial charge in [0.05, 0.1) is 23.1 Å². The number of anilines is 1. The number of pyridine rings is 2. The predicted molar refractivity (Wildman–Crippen MR) is 147 cm³/mol. The van der Waals surface area contributed by atoms with Crippen molar-refractivity contribution in [2.24, 2.45) is 0 Å². The summed E-state index contributed by atoms with van der Waals surface area (Å²) in [6.45, 7) is 3.42. The lowest BCUT2D eigenvalue weighted by atomic mass is 10.0. The predicted octanol–water partition coefficient (Wildman–Crippen LogP) is 4.66. The van der Waals surface area contributed by atoms with Crippen LogP contribution in [0.1, 0.15) is 12.0 Å². The highest BCUT2D eigenvalue weighted by molar-refractivity contribution is 6.00. The Bertz CT molecular complexity index is 1610. The monoisotopic (exact) mass is 496 g/mol. The van der Waals surface area contributed by atoms with E-state index in [2.05, 4.69) is 58.9 Å². The SMILES string of the molecule is CN(C)CCNc1cc(F)cc(-c2cncc3[nH]c(-c4[nH]nc5ncc(C6=CCNCC6)cc45)cc23)c1. The van der Waals surface area contributed by atoms with Crippen LogP contribution in [-0.4, -0.2) is 70.3 Å². The molecule has 1 aliphatic heterocycles. The van der Waals surface area contributed by atoms with E-state index < -0.39 is 0 Å². The van der Waals surface area contributed by atoms with Gasteiger partial charge in [0.1, 0.15) is 5.82 Å². The van der Waals surface area contributed by atoms with Crippen molar-refractivity contribution < 1.29 is 4.39 Å². The van der Waals surface area contributed by atoms with Gasteiger partial charge in [-0.1, -0.05) is 6.08 Å². The molecule has 5 heterocycles. The van der Waals surface area contributed by atoms with E-state index in [0.717, 1.165) is 82.7 Å². The van der Waals surface area contributed by atoms with Crippen LogP contribution in [0.2, 0.25) is 0 Å². The van der Waals surface area contributed by atoms with Gasteiger partial charge in [0.25, 0.3) is 0 Å². The molecule has 0 aliphatic carbocycles. The molecule has 0 saturated heterocycles. The highest BCUT2D eigenvalue weighted by atomic mass is 19.1. The van der Waals surface area contributed by atoms with Gasteiger partial charge < -0.3 is 20.5 Å². The number of aromatic amines is 2. The molecule has 6 rings (SSSR count). The Morgan fingerprint density at radius 1 is 1.03 bits per heavy atom.